The summed E-state index contributed by atoms with van der Waals surface area (Å²) in [6.07, 6.45) is 7.30. The molecule has 2 aromatic carbocycles. The average molecular weight is 545 g/mol. The summed E-state index contributed by atoms with van der Waals surface area (Å²) in [5.41, 5.74) is 10.6. The van der Waals surface area contributed by atoms with E-state index in [0.29, 0.717) is 6.54 Å². The maximum atomic E-state index is 5.95. The van der Waals surface area contributed by atoms with Crippen LogP contribution in [0.3, 0.4) is 0 Å². The summed E-state index contributed by atoms with van der Waals surface area (Å²) in [6, 6.07) is 20.8. The van der Waals surface area contributed by atoms with E-state index in [-0.39, 0.29) is 0 Å². The molecule has 41 heavy (non-hydrogen) atoms. The molecule has 0 radical (unpaired) electrons. The molecule has 8 heteroatoms. The minimum atomic E-state index is 0.586. The van der Waals surface area contributed by atoms with Crippen LogP contribution in [0.15, 0.2) is 78.8 Å². The second-order valence-corrected chi connectivity index (χ2v) is 10.5. The number of methoxy groups -OCH3 is 2. The molecule has 0 bridgehead atoms. The highest BCUT2D eigenvalue weighted by Gasteiger charge is 2.23. The SMILES string of the molecule is CNC1=CN(c2ccc(-c3nn(Cc4ccc(OC)cc4)c4cc(OC)c(-c5cccc6c5CCC6)nc34)cn2)C1. The summed E-state index contributed by atoms with van der Waals surface area (Å²) in [6.45, 7) is 1.41. The molecule has 0 spiro atoms. The Balaban J connectivity index is 1.36. The van der Waals surface area contributed by atoms with Gasteiger partial charge in [0.05, 0.1) is 32.8 Å². The molecule has 1 aliphatic carbocycles. The normalized spacial score (nSPS) is 14.0. The summed E-state index contributed by atoms with van der Waals surface area (Å²) in [7, 11) is 5.33. The third-order valence-corrected chi connectivity index (χ3v) is 8.09. The van der Waals surface area contributed by atoms with Gasteiger partial charge in [-0.1, -0.05) is 30.3 Å². The first kappa shape index (κ1) is 25.1. The fourth-order valence-corrected chi connectivity index (χ4v) is 5.82. The number of ether oxygens (including phenoxy) is 2. The zero-order valence-corrected chi connectivity index (χ0v) is 23.5. The maximum absolute atomic E-state index is 5.95. The number of benzene rings is 2. The van der Waals surface area contributed by atoms with Crippen molar-refractivity contribution >= 4 is 16.9 Å². The van der Waals surface area contributed by atoms with E-state index in [9.17, 15) is 0 Å². The van der Waals surface area contributed by atoms with E-state index in [0.717, 1.165) is 75.8 Å². The van der Waals surface area contributed by atoms with E-state index in [4.69, 9.17) is 24.5 Å². The van der Waals surface area contributed by atoms with Crippen LogP contribution in [-0.2, 0) is 19.4 Å². The molecule has 4 heterocycles. The van der Waals surface area contributed by atoms with Crippen LogP contribution < -0.4 is 19.7 Å². The number of pyridine rings is 2. The molecule has 5 aromatic rings. The van der Waals surface area contributed by atoms with Gasteiger partial charge in [0.25, 0.3) is 0 Å². The second kappa shape index (κ2) is 10.3. The molecule has 7 rings (SSSR count). The fraction of sp³-hybridized carbons (Fsp3) is 0.242. The number of anilines is 1. The van der Waals surface area contributed by atoms with Gasteiger partial charge < -0.3 is 19.7 Å². The van der Waals surface area contributed by atoms with Crippen molar-refractivity contribution in [1.82, 2.24) is 25.1 Å². The van der Waals surface area contributed by atoms with Gasteiger partial charge in [-0.3, -0.25) is 4.68 Å². The highest BCUT2D eigenvalue weighted by Crippen LogP contribution is 2.39. The van der Waals surface area contributed by atoms with Gasteiger partial charge in [-0.25, -0.2) is 9.97 Å². The van der Waals surface area contributed by atoms with Gasteiger partial charge >= 0.3 is 0 Å². The lowest BCUT2D eigenvalue weighted by Gasteiger charge is -2.30. The van der Waals surface area contributed by atoms with Gasteiger partial charge in [-0.15, -0.1) is 0 Å². The summed E-state index contributed by atoms with van der Waals surface area (Å²) < 4.78 is 13.3. The van der Waals surface area contributed by atoms with Crippen LogP contribution >= 0.6 is 0 Å². The van der Waals surface area contributed by atoms with Crippen molar-refractivity contribution in [3.8, 4) is 34.0 Å². The molecule has 0 saturated carbocycles. The fourth-order valence-electron chi connectivity index (χ4n) is 5.82. The van der Waals surface area contributed by atoms with E-state index in [1.807, 2.05) is 36.1 Å². The summed E-state index contributed by atoms with van der Waals surface area (Å²) in [5.74, 6) is 2.48. The molecule has 0 fully saturated rings. The first-order valence-corrected chi connectivity index (χ1v) is 14.0. The van der Waals surface area contributed by atoms with E-state index in [1.54, 1.807) is 14.2 Å². The smallest absolute Gasteiger partial charge is 0.147 e. The van der Waals surface area contributed by atoms with Gasteiger partial charge in [0.2, 0.25) is 0 Å². The minimum Gasteiger partial charge on any atom is -0.497 e. The van der Waals surface area contributed by atoms with Gasteiger partial charge in [0.1, 0.15) is 34.2 Å². The lowest BCUT2D eigenvalue weighted by Crippen LogP contribution is -2.35. The average Bonchev–Trinajstić information content (AvgIpc) is 3.61. The van der Waals surface area contributed by atoms with Crippen molar-refractivity contribution in [1.29, 1.82) is 0 Å². The molecule has 0 saturated heterocycles. The number of aromatic nitrogens is 4. The molecule has 0 atom stereocenters. The van der Waals surface area contributed by atoms with Crippen molar-refractivity contribution in [3.05, 3.63) is 95.4 Å². The van der Waals surface area contributed by atoms with Crippen molar-refractivity contribution in [2.75, 3.05) is 32.7 Å². The number of hydrogen-bond donors (Lipinski definition) is 1. The van der Waals surface area contributed by atoms with Crippen LogP contribution in [0.1, 0.15) is 23.1 Å². The minimum absolute atomic E-state index is 0.586. The largest absolute Gasteiger partial charge is 0.497 e. The molecule has 1 N–H and O–H groups in total. The molecule has 0 amide bonds. The number of likely N-dealkylation sites (N-methyl/N-ethyl adjacent to an activating group) is 1. The summed E-state index contributed by atoms with van der Waals surface area (Å²) >= 11 is 0. The summed E-state index contributed by atoms with van der Waals surface area (Å²) in [5, 5.41) is 8.29. The number of nitrogens with one attached hydrogen (secondary N) is 1. The monoisotopic (exact) mass is 544 g/mol. The molecular formula is C33H32N6O2. The Morgan fingerprint density at radius 2 is 1.80 bits per heavy atom. The molecule has 3 aromatic heterocycles. The van der Waals surface area contributed by atoms with E-state index in [2.05, 4.69) is 58.9 Å². The van der Waals surface area contributed by atoms with Gasteiger partial charge in [-0.05, 0) is 60.2 Å². The Labute approximate surface area is 239 Å². The number of hydrogen-bond acceptors (Lipinski definition) is 7. The molecule has 8 nitrogen and oxygen atoms in total. The Morgan fingerprint density at radius 1 is 0.951 bits per heavy atom. The Hall–Kier alpha value is -4.85. The Kier molecular flexibility index (Phi) is 6.30. The third-order valence-electron chi connectivity index (χ3n) is 8.09. The van der Waals surface area contributed by atoms with Crippen molar-refractivity contribution < 1.29 is 9.47 Å². The maximum Gasteiger partial charge on any atom is 0.147 e. The molecule has 1 aliphatic heterocycles. The zero-order chi connectivity index (χ0) is 27.9. The van der Waals surface area contributed by atoms with Crippen LogP contribution in [0.5, 0.6) is 11.5 Å². The standard InChI is InChI=1S/C33H32N6O2/c1-34-24-19-38(20-24)30-15-12-23(17-35-30)31-33-28(39(37-31)18-21-10-13-25(40-2)14-11-21)16-29(41-3)32(36-33)27-9-5-7-22-6-4-8-26(22)27/h5,7,9-17,19,34H,4,6,8,18,20H2,1-3H3. The van der Waals surface area contributed by atoms with E-state index < -0.39 is 0 Å². The van der Waals surface area contributed by atoms with Crippen molar-refractivity contribution in [3.63, 3.8) is 0 Å². The lowest BCUT2D eigenvalue weighted by atomic mass is 9.99. The van der Waals surface area contributed by atoms with Crippen molar-refractivity contribution in [2.24, 2.45) is 0 Å². The predicted octanol–water partition coefficient (Wildman–Crippen LogP) is 5.60. The first-order chi connectivity index (χ1) is 20.1. The number of aryl methyl sites for hydroxylation is 1. The Bertz CT molecular complexity index is 1770. The third kappa shape index (κ3) is 4.45. The number of rotatable bonds is 8. The molecule has 206 valence electrons. The first-order valence-electron chi connectivity index (χ1n) is 14.0. The second-order valence-electron chi connectivity index (χ2n) is 10.5. The van der Waals surface area contributed by atoms with Crippen LogP contribution in [0.2, 0.25) is 0 Å². The van der Waals surface area contributed by atoms with Gasteiger partial charge in [-0.2, -0.15) is 5.10 Å². The predicted molar refractivity (Wildman–Crippen MR) is 161 cm³/mol. The molecule has 2 aliphatic rings. The number of nitrogens with zero attached hydrogens (tertiary/aromatic N) is 5. The zero-order valence-electron chi connectivity index (χ0n) is 23.5. The highest BCUT2D eigenvalue weighted by molar-refractivity contribution is 5.93. The lowest BCUT2D eigenvalue weighted by molar-refractivity contribution is 0.414. The molecule has 0 unspecified atom stereocenters. The van der Waals surface area contributed by atoms with Crippen molar-refractivity contribution in [2.45, 2.75) is 25.8 Å². The van der Waals surface area contributed by atoms with Crippen LogP contribution in [0.4, 0.5) is 5.82 Å². The topological polar surface area (TPSA) is 77.3 Å². The van der Waals surface area contributed by atoms with E-state index in [1.165, 1.54) is 23.2 Å². The van der Waals surface area contributed by atoms with Crippen LogP contribution in [-0.4, -0.2) is 47.6 Å². The Morgan fingerprint density at radius 3 is 2.54 bits per heavy atom. The quantitative estimate of drug-likeness (QED) is 0.273. The van der Waals surface area contributed by atoms with Crippen LogP contribution in [0, 0.1) is 0 Å². The van der Waals surface area contributed by atoms with Gasteiger partial charge in [0.15, 0.2) is 0 Å². The van der Waals surface area contributed by atoms with Gasteiger partial charge in [0, 0.05) is 42.3 Å². The molecular weight excluding hydrogens is 512 g/mol. The van der Waals surface area contributed by atoms with Crippen LogP contribution in [0.25, 0.3) is 33.5 Å². The number of fused-ring (bicyclic) bond motifs is 2. The summed E-state index contributed by atoms with van der Waals surface area (Å²) in [4.78, 5) is 12.2. The van der Waals surface area contributed by atoms with E-state index >= 15 is 0 Å². The highest BCUT2D eigenvalue weighted by atomic mass is 16.5.